The van der Waals surface area contributed by atoms with Crippen LogP contribution in [0.4, 0.5) is 0 Å². The minimum absolute atomic E-state index is 0.209. The lowest BCUT2D eigenvalue weighted by Gasteiger charge is -2.16. The zero-order chi connectivity index (χ0) is 11.9. The average molecular weight is 218 g/mol. The summed E-state index contributed by atoms with van der Waals surface area (Å²) in [4.78, 5) is 4.53. The number of benzene rings is 1. The second-order valence-electron chi connectivity index (χ2n) is 5.04. The van der Waals surface area contributed by atoms with Crippen LogP contribution in [0, 0.1) is 13.8 Å². The molecule has 2 rings (SSSR count). The Balaban J connectivity index is 2.65. The summed E-state index contributed by atoms with van der Waals surface area (Å²) in [5, 5.41) is 0. The average Bonchev–Trinajstić information content (AvgIpc) is 2.62. The SMILES string of the molecule is Cc1cc(C)c2oc(C(C)(C)CN)nc2c1. The van der Waals surface area contributed by atoms with Crippen LogP contribution >= 0.6 is 0 Å². The number of hydrogen-bond donors (Lipinski definition) is 1. The molecule has 0 spiro atoms. The minimum atomic E-state index is -0.209. The first-order valence-electron chi connectivity index (χ1n) is 5.52. The molecule has 0 aliphatic carbocycles. The van der Waals surface area contributed by atoms with Gasteiger partial charge in [-0.15, -0.1) is 0 Å². The lowest BCUT2D eigenvalue weighted by Crippen LogP contribution is -2.28. The first kappa shape index (κ1) is 11.1. The molecule has 16 heavy (non-hydrogen) atoms. The summed E-state index contributed by atoms with van der Waals surface area (Å²) in [5.74, 6) is 0.721. The van der Waals surface area contributed by atoms with Crippen LogP contribution in [-0.4, -0.2) is 11.5 Å². The highest BCUT2D eigenvalue weighted by Gasteiger charge is 2.25. The number of nitrogens with two attached hydrogens (primary N) is 1. The number of aromatic nitrogens is 1. The zero-order valence-electron chi connectivity index (χ0n) is 10.3. The molecule has 0 fully saturated rings. The topological polar surface area (TPSA) is 52.0 Å². The lowest BCUT2D eigenvalue weighted by atomic mass is 9.94. The summed E-state index contributed by atoms with van der Waals surface area (Å²) >= 11 is 0. The fourth-order valence-corrected chi connectivity index (χ4v) is 1.75. The van der Waals surface area contributed by atoms with Gasteiger partial charge in [-0.2, -0.15) is 0 Å². The summed E-state index contributed by atoms with van der Waals surface area (Å²) in [6.45, 7) is 8.71. The lowest BCUT2D eigenvalue weighted by molar-refractivity contribution is 0.390. The van der Waals surface area contributed by atoms with Crippen LogP contribution in [0.15, 0.2) is 16.5 Å². The van der Waals surface area contributed by atoms with E-state index in [0.29, 0.717) is 6.54 Å². The van der Waals surface area contributed by atoms with Gasteiger partial charge in [0.15, 0.2) is 5.58 Å². The van der Waals surface area contributed by atoms with E-state index in [-0.39, 0.29) is 5.41 Å². The molecule has 1 aromatic heterocycles. The van der Waals surface area contributed by atoms with Gasteiger partial charge < -0.3 is 10.2 Å². The van der Waals surface area contributed by atoms with Gasteiger partial charge in [0, 0.05) is 6.54 Å². The third-order valence-corrected chi connectivity index (χ3v) is 2.91. The summed E-state index contributed by atoms with van der Waals surface area (Å²) in [5.41, 5.74) is 9.65. The number of rotatable bonds is 2. The van der Waals surface area contributed by atoms with E-state index >= 15 is 0 Å². The summed E-state index contributed by atoms with van der Waals surface area (Å²) < 4.78 is 5.82. The van der Waals surface area contributed by atoms with Gasteiger partial charge in [0.1, 0.15) is 5.52 Å². The molecule has 3 heteroatoms. The quantitative estimate of drug-likeness (QED) is 0.843. The Morgan fingerprint density at radius 1 is 1.31 bits per heavy atom. The molecule has 2 aromatic rings. The molecule has 2 N–H and O–H groups in total. The smallest absolute Gasteiger partial charge is 0.202 e. The monoisotopic (exact) mass is 218 g/mol. The van der Waals surface area contributed by atoms with Gasteiger partial charge in [0.25, 0.3) is 0 Å². The number of fused-ring (bicyclic) bond motifs is 1. The van der Waals surface area contributed by atoms with Crippen molar-refractivity contribution in [3.05, 3.63) is 29.2 Å². The number of aryl methyl sites for hydroxylation is 2. The summed E-state index contributed by atoms with van der Waals surface area (Å²) in [6, 6.07) is 4.15. The predicted molar refractivity (Wildman–Crippen MR) is 65.6 cm³/mol. The highest BCUT2D eigenvalue weighted by molar-refractivity contribution is 5.77. The van der Waals surface area contributed by atoms with E-state index in [1.165, 1.54) is 5.56 Å². The van der Waals surface area contributed by atoms with E-state index < -0.39 is 0 Å². The molecule has 0 aliphatic rings. The van der Waals surface area contributed by atoms with Gasteiger partial charge >= 0.3 is 0 Å². The van der Waals surface area contributed by atoms with Crippen molar-refractivity contribution in [1.29, 1.82) is 0 Å². The van der Waals surface area contributed by atoms with Crippen molar-refractivity contribution < 1.29 is 4.42 Å². The molecule has 0 saturated carbocycles. The molecule has 0 aliphatic heterocycles. The van der Waals surface area contributed by atoms with Crippen LogP contribution in [-0.2, 0) is 5.41 Å². The Morgan fingerprint density at radius 3 is 2.62 bits per heavy atom. The van der Waals surface area contributed by atoms with Gasteiger partial charge in [-0.05, 0) is 44.9 Å². The Labute approximate surface area is 95.7 Å². The van der Waals surface area contributed by atoms with Gasteiger partial charge in [0.05, 0.1) is 5.41 Å². The van der Waals surface area contributed by atoms with Crippen LogP contribution in [0.5, 0.6) is 0 Å². The maximum absolute atomic E-state index is 5.82. The number of nitrogens with zero attached hydrogens (tertiary/aromatic N) is 1. The van der Waals surface area contributed by atoms with Crippen molar-refractivity contribution in [2.45, 2.75) is 33.1 Å². The molecule has 3 nitrogen and oxygen atoms in total. The molecule has 1 aromatic carbocycles. The van der Waals surface area contributed by atoms with Crippen molar-refractivity contribution in [3.8, 4) is 0 Å². The Hall–Kier alpha value is -1.35. The van der Waals surface area contributed by atoms with Crippen molar-refractivity contribution in [2.75, 3.05) is 6.54 Å². The van der Waals surface area contributed by atoms with E-state index in [1.807, 2.05) is 26.8 Å². The van der Waals surface area contributed by atoms with Crippen molar-refractivity contribution in [3.63, 3.8) is 0 Å². The largest absolute Gasteiger partial charge is 0.440 e. The van der Waals surface area contributed by atoms with Crippen molar-refractivity contribution in [2.24, 2.45) is 5.73 Å². The molecule has 86 valence electrons. The normalized spacial score (nSPS) is 12.3. The third-order valence-electron chi connectivity index (χ3n) is 2.91. The van der Waals surface area contributed by atoms with Crippen molar-refractivity contribution >= 4 is 11.1 Å². The van der Waals surface area contributed by atoms with Crippen molar-refractivity contribution in [1.82, 2.24) is 4.98 Å². The molecule has 0 bridgehead atoms. The molecule has 0 atom stereocenters. The van der Waals surface area contributed by atoms with E-state index in [9.17, 15) is 0 Å². The molecule has 0 saturated heterocycles. The minimum Gasteiger partial charge on any atom is -0.440 e. The molecule has 0 amide bonds. The standard InChI is InChI=1S/C13H18N2O/c1-8-5-9(2)11-10(6-8)15-12(16-11)13(3,4)7-14/h5-6H,7,14H2,1-4H3. The molecule has 1 heterocycles. The number of hydrogen-bond acceptors (Lipinski definition) is 3. The molecule has 0 radical (unpaired) electrons. The maximum atomic E-state index is 5.82. The fraction of sp³-hybridized carbons (Fsp3) is 0.462. The predicted octanol–water partition coefficient (Wildman–Crippen LogP) is 2.68. The second-order valence-corrected chi connectivity index (χ2v) is 5.04. The first-order chi connectivity index (χ1) is 7.44. The fourth-order valence-electron chi connectivity index (χ4n) is 1.75. The van der Waals surface area contributed by atoms with E-state index in [0.717, 1.165) is 22.6 Å². The van der Waals surface area contributed by atoms with E-state index in [2.05, 4.69) is 18.0 Å². The zero-order valence-corrected chi connectivity index (χ0v) is 10.3. The number of oxazole rings is 1. The van der Waals surface area contributed by atoms with E-state index in [4.69, 9.17) is 10.2 Å². The Kier molecular flexibility index (Phi) is 2.50. The van der Waals surface area contributed by atoms with Gasteiger partial charge in [-0.1, -0.05) is 6.07 Å². The highest BCUT2D eigenvalue weighted by Crippen LogP contribution is 2.28. The molecule has 0 unspecified atom stereocenters. The van der Waals surface area contributed by atoms with Crippen LogP contribution < -0.4 is 5.73 Å². The summed E-state index contributed by atoms with van der Waals surface area (Å²) in [6.07, 6.45) is 0. The van der Waals surface area contributed by atoms with Crippen LogP contribution in [0.2, 0.25) is 0 Å². The second kappa shape index (κ2) is 3.59. The first-order valence-corrected chi connectivity index (χ1v) is 5.52. The van der Waals surface area contributed by atoms with Gasteiger partial charge in [-0.25, -0.2) is 4.98 Å². The van der Waals surface area contributed by atoms with Crippen LogP contribution in [0.3, 0.4) is 0 Å². The van der Waals surface area contributed by atoms with Gasteiger partial charge in [0.2, 0.25) is 5.89 Å². The van der Waals surface area contributed by atoms with Gasteiger partial charge in [-0.3, -0.25) is 0 Å². The van der Waals surface area contributed by atoms with Crippen LogP contribution in [0.1, 0.15) is 30.9 Å². The van der Waals surface area contributed by atoms with E-state index in [1.54, 1.807) is 0 Å². The Bertz CT molecular complexity index is 526. The molecular weight excluding hydrogens is 200 g/mol. The maximum Gasteiger partial charge on any atom is 0.202 e. The third kappa shape index (κ3) is 1.71. The Morgan fingerprint density at radius 2 is 2.00 bits per heavy atom. The summed E-state index contributed by atoms with van der Waals surface area (Å²) in [7, 11) is 0. The molecular formula is C13H18N2O. The van der Waals surface area contributed by atoms with Crippen LogP contribution in [0.25, 0.3) is 11.1 Å². The highest BCUT2D eigenvalue weighted by atomic mass is 16.3.